The Morgan fingerprint density at radius 2 is 1.88 bits per heavy atom. The molecule has 0 aliphatic rings. The maximum Gasteiger partial charge on any atom is 0.315 e. The number of hydrogen-bond acceptors (Lipinski definition) is 3. The second kappa shape index (κ2) is 6.88. The lowest BCUT2D eigenvalue weighted by Crippen LogP contribution is -2.28. The Bertz CT molecular complexity index is 461. The molecule has 1 aromatic rings. The lowest BCUT2D eigenvalue weighted by atomic mass is 9.29. The molecule has 0 unspecified atom stereocenters. The maximum absolute atomic E-state index is 8.24. The second-order valence-electron chi connectivity index (χ2n) is 3.47. The van der Waals surface area contributed by atoms with Gasteiger partial charge in [-0.25, -0.2) is 30.9 Å². The van der Waals surface area contributed by atoms with Crippen LogP contribution in [0.3, 0.4) is 0 Å². The number of hydrogen-bond donors (Lipinski definition) is 0. The van der Waals surface area contributed by atoms with Crippen LogP contribution in [0.5, 0.6) is 0 Å². The van der Waals surface area contributed by atoms with Crippen LogP contribution in [0.2, 0.25) is 0 Å². The molecule has 0 saturated heterocycles. The van der Waals surface area contributed by atoms with E-state index in [1.54, 1.807) is 17.9 Å². The number of aryl methyl sites for hydroxylation is 2. The molecule has 5 nitrogen and oxygen atoms in total. The number of imidazole rings is 1. The van der Waals surface area contributed by atoms with Gasteiger partial charge in [0.2, 0.25) is 6.33 Å². The molecule has 1 rings (SSSR count). The minimum Gasteiger partial charge on any atom is -0.246 e. The van der Waals surface area contributed by atoms with Crippen molar-refractivity contribution in [2.24, 2.45) is 7.05 Å². The predicted octanol–water partition coefficient (Wildman–Crippen LogP) is 0.681. The summed E-state index contributed by atoms with van der Waals surface area (Å²) in [6.07, 6.45) is 3.88. The molecule has 0 fully saturated rings. The summed E-state index contributed by atoms with van der Waals surface area (Å²) in [4.78, 5) is 0. The summed E-state index contributed by atoms with van der Waals surface area (Å²) >= 11 is 0. The SMILES string of the molecule is C=C[B-](C#N)(C#N)C#N.CC[n+]1ccn(C)c1. The quantitative estimate of drug-likeness (QED) is 0.550. The highest BCUT2D eigenvalue weighted by Crippen LogP contribution is 1.96. The Labute approximate surface area is 101 Å². The summed E-state index contributed by atoms with van der Waals surface area (Å²) in [5.74, 6) is 5.84. The van der Waals surface area contributed by atoms with E-state index < -0.39 is 6.15 Å². The van der Waals surface area contributed by atoms with E-state index in [0.717, 1.165) is 12.5 Å². The highest BCUT2D eigenvalue weighted by Gasteiger charge is 2.18. The zero-order valence-electron chi connectivity index (χ0n) is 10.0. The van der Waals surface area contributed by atoms with Crippen LogP contribution in [-0.4, -0.2) is 10.7 Å². The van der Waals surface area contributed by atoms with Gasteiger partial charge in [-0.15, -0.1) is 24.5 Å². The van der Waals surface area contributed by atoms with Gasteiger partial charge in [0.1, 0.15) is 12.4 Å². The molecule has 0 atom stereocenters. The third-order valence-electron chi connectivity index (χ3n) is 2.15. The summed E-state index contributed by atoms with van der Waals surface area (Å²) < 4.78 is 4.16. The average molecular weight is 227 g/mol. The largest absolute Gasteiger partial charge is 0.315 e. The fourth-order valence-corrected chi connectivity index (χ4v) is 0.933. The number of nitriles is 3. The molecule has 0 amide bonds. The minimum atomic E-state index is -2.26. The molecule has 17 heavy (non-hydrogen) atoms. The van der Waals surface area contributed by atoms with E-state index in [4.69, 9.17) is 15.8 Å². The molecule has 0 radical (unpaired) electrons. The molecule has 86 valence electrons. The van der Waals surface area contributed by atoms with Crippen LogP contribution in [0.25, 0.3) is 0 Å². The molecule has 0 aliphatic heterocycles. The van der Waals surface area contributed by atoms with Crippen molar-refractivity contribution in [1.82, 2.24) is 4.57 Å². The Hall–Kier alpha value is -2.52. The van der Waals surface area contributed by atoms with Gasteiger partial charge in [-0.2, -0.15) is 0 Å². The van der Waals surface area contributed by atoms with Crippen LogP contribution < -0.4 is 4.57 Å². The van der Waals surface area contributed by atoms with Crippen molar-refractivity contribution >= 4 is 6.15 Å². The molecular weight excluding hydrogens is 213 g/mol. The first-order chi connectivity index (χ1) is 8.07. The van der Waals surface area contributed by atoms with Crippen molar-refractivity contribution < 1.29 is 4.57 Å². The highest BCUT2D eigenvalue weighted by molar-refractivity contribution is 7.03. The zero-order valence-corrected chi connectivity index (χ0v) is 10.0. The van der Waals surface area contributed by atoms with Gasteiger partial charge < -0.3 is 0 Å². The van der Waals surface area contributed by atoms with E-state index in [2.05, 4.69) is 30.6 Å². The zero-order chi connectivity index (χ0) is 13.3. The Morgan fingerprint density at radius 3 is 2.00 bits per heavy atom. The predicted molar refractivity (Wildman–Crippen MR) is 64.1 cm³/mol. The van der Waals surface area contributed by atoms with E-state index in [1.807, 2.05) is 17.8 Å². The molecule has 6 heteroatoms. The Kier molecular flexibility index (Phi) is 5.86. The molecule has 0 spiro atoms. The van der Waals surface area contributed by atoms with E-state index >= 15 is 0 Å². The molecule has 1 aromatic heterocycles. The summed E-state index contributed by atoms with van der Waals surface area (Å²) in [7, 11) is 2.02. The van der Waals surface area contributed by atoms with Gasteiger partial charge in [-0.3, -0.25) is 0 Å². The third kappa shape index (κ3) is 4.24. The first-order valence-electron chi connectivity index (χ1n) is 5.12. The fraction of sp³-hybridized carbons (Fsp3) is 0.273. The lowest BCUT2D eigenvalue weighted by molar-refractivity contribution is -0.693. The van der Waals surface area contributed by atoms with Gasteiger partial charge in [0, 0.05) is 0 Å². The van der Waals surface area contributed by atoms with Gasteiger partial charge in [-0.1, -0.05) is 0 Å². The van der Waals surface area contributed by atoms with Crippen molar-refractivity contribution in [2.75, 3.05) is 0 Å². The number of rotatable bonds is 2. The second-order valence-corrected chi connectivity index (χ2v) is 3.47. The monoisotopic (exact) mass is 227 g/mol. The fourth-order valence-electron chi connectivity index (χ4n) is 0.933. The van der Waals surface area contributed by atoms with Crippen LogP contribution in [0, 0.1) is 33.7 Å². The van der Waals surface area contributed by atoms with Crippen LogP contribution >= 0.6 is 0 Å². The standard InChI is InChI=1S/C6H11N2.C5H3BN3/c1-3-8-5-4-7(2)6-8;1-2-6(3-7,4-8)5-9/h4-6H,3H2,1-2H3;2H,1H2/q+1;-1. The van der Waals surface area contributed by atoms with Crippen molar-refractivity contribution in [3.63, 3.8) is 0 Å². The lowest BCUT2D eigenvalue weighted by Gasteiger charge is -2.04. The van der Waals surface area contributed by atoms with Crippen LogP contribution in [0.4, 0.5) is 0 Å². The van der Waals surface area contributed by atoms with Crippen LogP contribution in [0.1, 0.15) is 6.92 Å². The molecule has 1 heterocycles. The molecule has 0 saturated carbocycles. The van der Waals surface area contributed by atoms with Crippen LogP contribution in [0.15, 0.2) is 31.3 Å². The summed E-state index contributed by atoms with van der Waals surface area (Å²) in [6, 6.07) is 0. The molecule has 0 N–H and O–H groups in total. The van der Waals surface area contributed by atoms with E-state index in [0.29, 0.717) is 0 Å². The van der Waals surface area contributed by atoms with Crippen LogP contribution in [-0.2, 0) is 13.6 Å². The van der Waals surface area contributed by atoms with Gasteiger partial charge in [0.05, 0.1) is 13.6 Å². The summed E-state index contributed by atoms with van der Waals surface area (Å²) in [5, 5.41) is 24.7. The molecule has 0 aromatic carbocycles. The van der Waals surface area contributed by atoms with Gasteiger partial charge in [0.25, 0.3) is 0 Å². The first-order valence-corrected chi connectivity index (χ1v) is 5.12. The normalized spacial score (nSPS) is 8.88. The van der Waals surface area contributed by atoms with Crippen molar-refractivity contribution in [2.45, 2.75) is 13.5 Å². The minimum absolute atomic E-state index is 1.06. The Balaban J connectivity index is 0.000000302. The van der Waals surface area contributed by atoms with E-state index in [1.165, 1.54) is 0 Å². The molecular formula is C11H14BN5. The summed E-state index contributed by atoms with van der Waals surface area (Å²) in [6.45, 7) is 6.39. The topological polar surface area (TPSA) is 80.2 Å². The van der Waals surface area contributed by atoms with Gasteiger partial charge in [0.15, 0.2) is 0 Å². The third-order valence-corrected chi connectivity index (χ3v) is 2.15. The van der Waals surface area contributed by atoms with E-state index in [-0.39, 0.29) is 0 Å². The number of aromatic nitrogens is 2. The molecule has 0 bridgehead atoms. The van der Waals surface area contributed by atoms with E-state index in [9.17, 15) is 0 Å². The number of nitrogens with zero attached hydrogens (tertiary/aromatic N) is 5. The van der Waals surface area contributed by atoms with Gasteiger partial charge in [-0.05, 0) is 6.92 Å². The van der Waals surface area contributed by atoms with Crippen molar-refractivity contribution in [3.8, 4) is 17.9 Å². The highest BCUT2D eigenvalue weighted by atomic mass is 15.1. The average Bonchev–Trinajstić information content (AvgIpc) is 2.80. The summed E-state index contributed by atoms with van der Waals surface area (Å²) in [5.41, 5.74) is 0. The maximum atomic E-state index is 8.24. The van der Waals surface area contributed by atoms with Crippen molar-refractivity contribution in [3.05, 3.63) is 31.3 Å². The van der Waals surface area contributed by atoms with Gasteiger partial charge >= 0.3 is 6.15 Å². The Morgan fingerprint density at radius 1 is 1.35 bits per heavy atom. The first kappa shape index (κ1) is 14.5. The van der Waals surface area contributed by atoms with Crippen molar-refractivity contribution in [1.29, 1.82) is 15.8 Å². The smallest absolute Gasteiger partial charge is 0.246 e. The molecule has 0 aliphatic carbocycles.